The van der Waals surface area contributed by atoms with Crippen molar-refractivity contribution < 1.29 is 18.8 Å². The van der Waals surface area contributed by atoms with Crippen LogP contribution in [0.1, 0.15) is 21.8 Å². The van der Waals surface area contributed by atoms with Crippen LogP contribution in [-0.2, 0) is 6.54 Å². The minimum atomic E-state index is -0.275. The van der Waals surface area contributed by atoms with Gasteiger partial charge in [0.2, 0.25) is 6.79 Å². The van der Waals surface area contributed by atoms with E-state index in [4.69, 9.17) is 14.0 Å². The van der Waals surface area contributed by atoms with Crippen molar-refractivity contribution in [1.82, 2.24) is 15.5 Å². The van der Waals surface area contributed by atoms with Crippen molar-refractivity contribution in [1.29, 1.82) is 0 Å². The molecular formula is C18H16N4O4. The maximum absolute atomic E-state index is 12.4. The number of amides is 1. The number of pyridine rings is 1. The van der Waals surface area contributed by atoms with Gasteiger partial charge < -0.3 is 24.6 Å². The first-order chi connectivity index (χ1) is 12.7. The Morgan fingerprint density at radius 1 is 1.15 bits per heavy atom. The number of ether oxygens (including phenoxy) is 2. The van der Waals surface area contributed by atoms with Crippen LogP contribution in [0, 0.1) is 6.92 Å². The van der Waals surface area contributed by atoms with Crippen LogP contribution in [0.15, 0.2) is 47.1 Å². The number of anilines is 2. The zero-order valence-electron chi connectivity index (χ0n) is 14.0. The lowest BCUT2D eigenvalue weighted by Gasteiger charge is -2.07. The highest BCUT2D eigenvalue weighted by atomic mass is 16.7. The number of hydrogen-bond acceptors (Lipinski definition) is 7. The molecule has 4 rings (SSSR count). The van der Waals surface area contributed by atoms with E-state index in [1.165, 1.54) is 0 Å². The number of carbonyl (C=O) groups excluding carboxylic acids is 1. The molecule has 3 aromatic rings. The van der Waals surface area contributed by atoms with Crippen molar-refractivity contribution in [3.63, 3.8) is 0 Å². The van der Waals surface area contributed by atoms with E-state index >= 15 is 0 Å². The minimum absolute atomic E-state index is 0.222. The molecule has 8 nitrogen and oxygen atoms in total. The first kappa shape index (κ1) is 15.9. The largest absolute Gasteiger partial charge is 0.454 e. The van der Waals surface area contributed by atoms with Gasteiger partial charge in [-0.25, -0.2) is 0 Å². The van der Waals surface area contributed by atoms with E-state index in [0.29, 0.717) is 41.0 Å². The molecule has 2 aromatic heterocycles. The molecule has 0 aliphatic carbocycles. The van der Waals surface area contributed by atoms with Crippen molar-refractivity contribution in [2.75, 3.05) is 12.1 Å². The Kier molecular flexibility index (Phi) is 4.14. The quantitative estimate of drug-likeness (QED) is 0.728. The molecule has 132 valence electrons. The molecule has 0 unspecified atom stereocenters. The predicted octanol–water partition coefficient (Wildman–Crippen LogP) is 2.78. The van der Waals surface area contributed by atoms with Crippen molar-refractivity contribution >= 4 is 17.4 Å². The summed E-state index contributed by atoms with van der Waals surface area (Å²) in [5.41, 5.74) is 1.91. The Labute approximate surface area is 149 Å². The van der Waals surface area contributed by atoms with Gasteiger partial charge in [0.1, 0.15) is 11.5 Å². The van der Waals surface area contributed by atoms with Gasteiger partial charge in [-0.2, -0.15) is 0 Å². The third kappa shape index (κ3) is 3.44. The standard InChI is InChI=1S/C18H16N4O4/c1-11-6-17(22-26-11)21-13-4-5-19-14(8-13)18(23)20-9-12-2-3-15-16(7-12)25-10-24-15/h2-8H,9-10H2,1H3,(H,20,23)(H,19,21,22). The van der Waals surface area contributed by atoms with Crippen molar-refractivity contribution in [3.05, 3.63) is 59.6 Å². The molecule has 0 spiro atoms. The number of nitrogens with zero attached hydrogens (tertiary/aromatic N) is 2. The van der Waals surface area contributed by atoms with Gasteiger partial charge in [0.25, 0.3) is 5.91 Å². The van der Waals surface area contributed by atoms with Gasteiger partial charge in [-0.3, -0.25) is 9.78 Å². The smallest absolute Gasteiger partial charge is 0.270 e. The SMILES string of the molecule is Cc1cc(Nc2ccnc(C(=O)NCc3ccc4c(c3)OCO4)c2)no1. The number of hydrogen-bond donors (Lipinski definition) is 2. The van der Waals surface area contributed by atoms with Gasteiger partial charge in [0.05, 0.1) is 0 Å². The lowest BCUT2D eigenvalue weighted by molar-refractivity contribution is 0.0946. The van der Waals surface area contributed by atoms with E-state index in [9.17, 15) is 4.79 Å². The molecule has 1 aromatic carbocycles. The molecule has 0 saturated carbocycles. The first-order valence-electron chi connectivity index (χ1n) is 8.00. The highest BCUT2D eigenvalue weighted by molar-refractivity contribution is 5.93. The summed E-state index contributed by atoms with van der Waals surface area (Å²) in [5, 5.41) is 9.77. The van der Waals surface area contributed by atoms with Crippen molar-refractivity contribution in [3.8, 4) is 11.5 Å². The minimum Gasteiger partial charge on any atom is -0.454 e. The third-order valence-corrected chi connectivity index (χ3v) is 3.78. The monoisotopic (exact) mass is 352 g/mol. The zero-order chi connectivity index (χ0) is 17.9. The first-order valence-corrected chi connectivity index (χ1v) is 8.00. The van der Waals surface area contributed by atoms with E-state index in [-0.39, 0.29) is 12.7 Å². The second-order valence-corrected chi connectivity index (χ2v) is 5.75. The van der Waals surface area contributed by atoms with Crippen LogP contribution < -0.4 is 20.1 Å². The van der Waals surface area contributed by atoms with Crippen LogP contribution in [0.4, 0.5) is 11.5 Å². The number of nitrogens with one attached hydrogen (secondary N) is 2. The molecule has 8 heteroatoms. The van der Waals surface area contributed by atoms with Crippen molar-refractivity contribution in [2.24, 2.45) is 0 Å². The predicted molar refractivity (Wildman–Crippen MR) is 92.5 cm³/mol. The number of carbonyl (C=O) groups is 1. The summed E-state index contributed by atoms with van der Waals surface area (Å²) < 4.78 is 15.6. The maximum atomic E-state index is 12.4. The molecule has 2 N–H and O–H groups in total. The lowest BCUT2D eigenvalue weighted by Crippen LogP contribution is -2.23. The average Bonchev–Trinajstić information content (AvgIpc) is 3.28. The Morgan fingerprint density at radius 3 is 2.88 bits per heavy atom. The van der Waals surface area contributed by atoms with Crippen LogP contribution in [0.3, 0.4) is 0 Å². The Hall–Kier alpha value is -3.55. The molecule has 3 heterocycles. The summed E-state index contributed by atoms with van der Waals surface area (Å²) in [6.07, 6.45) is 1.56. The van der Waals surface area contributed by atoms with E-state index in [0.717, 1.165) is 5.56 Å². The summed E-state index contributed by atoms with van der Waals surface area (Å²) in [7, 11) is 0. The van der Waals surface area contributed by atoms with Crippen LogP contribution in [0.25, 0.3) is 0 Å². The molecular weight excluding hydrogens is 336 g/mol. The topological polar surface area (TPSA) is 98.5 Å². The summed E-state index contributed by atoms with van der Waals surface area (Å²) >= 11 is 0. The van der Waals surface area contributed by atoms with Gasteiger partial charge >= 0.3 is 0 Å². The van der Waals surface area contributed by atoms with Crippen LogP contribution in [-0.4, -0.2) is 22.8 Å². The fourth-order valence-electron chi connectivity index (χ4n) is 2.53. The van der Waals surface area contributed by atoms with Crippen LogP contribution in [0.2, 0.25) is 0 Å². The number of aryl methyl sites for hydroxylation is 1. The highest BCUT2D eigenvalue weighted by Gasteiger charge is 2.14. The fraction of sp³-hybridized carbons (Fsp3) is 0.167. The molecule has 26 heavy (non-hydrogen) atoms. The maximum Gasteiger partial charge on any atom is 0.270 e. The zero-order valence-corrected chi connectivity index (χ0v) is 14.0. The molecule has 0 atom stereocenters. The second-order valence-electron chi connectivity index (χ2n) is 5.75. The number of aromatic nitrogens is 2. The third-order valence-electron chi connectivity index (χ3n) is 3.78. The molecule has 0 saturated heterocycles. The second kappa shape index (κ2) is 6.75. The highest BCUT2D eigenvalue weighted by Crippen LogP contribution is 2.32. The van der Waals surface area contributed by atoms with E-state index in [2.05, 4.69) is 20.8 Å². The Balaban J connectivity index is 1.40. The fourth-order valence-corrected chi connectivity index (χ4v) is 2.53. The Bertz CT molecular complexity index is 954. The van der Waals surface area contributed by atoms with Gasteiger partial charge in [-0.1, -0.05) is 11.2 Å². The average molecular weight is 352 g/mol. The van der Waals surface area contributed by atoms with E-state index < -0.39 is 0 Å². The molecule has 0 fully saturated rings. The van der Waals surface area contributed by atoms with Gasteiger partial charge in [-0.05, 0) is 36.8 Å². The molecule has 0 radical (unpaired) electrons. The Morgan fingerprint density at radius 2 is 2.04 bits per heavy atom. The number of fused-ring (bicyclic) bond motifs is 1. The van der Waals surface area contributed by atoms with Gasteiger partial charge in [-0.15, -0.1) is 0 Å². The summed E-state index contributed by atoms with van der Waals surface area (Å²) in [6.45, 7) is 2.39. The van der Waals surface area contributed by atoms with Crippen LogP contribution >= 0.6 is 0 Å². The lowest BCUT2D eigenvalue weighted by atomic mass is 10.2. The molecule has 0 bridgehead atoms. The van der Waals surface area contributed by atoms with Crippen LogP contribution in [0.5, 0.6) is 11.5 Å². The normalized spacial score (nSPS) is 12.0. The molecule has 1 aliphatic heterocycles. The van der Waals surface area contributed by atoms with Crippen molar-refractivity contribution in [2.45, 2.75) is 13.5 Å². The van der Waals surface area contributed by atoms with E-state index in [1.54, 1.807) is 31.3 Å². The summed E-state index contributed by atoms with van der Waals surface area (Å²) in [4.78, 5) is 16.5. The molecule has 1 aliphatic rings. The summed E-state index contributed by atoms with van der Waals surface area (Å²) in [6, 6.07) is 10.7. The van der Waals surface area contributed by atoms with Gasteiger partial charge in [0, 0.05) is 24.5 Å². The number of benzene rings is 1. The summed E-state index contributed by atoms with van der Waals surface area (Å²) in [5.74, 6) is 2.39. The van der Waals surface area contributed by atoms with Gasteiger partial charge in [0.15, 0.2) is 17.3 Å². The number of rotatable bonds is 5. The van der Waals surface area contributed by atoms with E-state index in [1.807, 2.05) is 18.2 Å². The molecule has 1 amide bonds.